The maximum atomic E-state index is 13.2. The molecule has 2 bridgehead atoms. The summed E-state index contributed by atoms with van der Waals surface area (Å²) in [7, 11) is 0.937. The van der Waals surface area contributed by atoms with Crippen molar-refractivity contribution in [2.45, 2.75) is 84.1 Å². The first kappa shape index (κ1) is 27.2. The standard InChI is InChI=1S/C29H38BNO6S/c1-17(2)35-27(33)21-11-7-9-18(26(21)34-6)13-24(31-25(32)16-20-10-8-12-38-20)30-36-23-15-19-14-22(28(19,3)4)29(23,5)37-30/h7-12,17,19,22-24H,13-16H2,1-6H3,(H,31,32)/t19?,22-,23?,24?,29?/m1/s1. The summed E-state index contributed by atoms with van der Waals surface area (Å²) in [6.45, 7) is 10.5. The van der Waals surface area contributed by atoms with Crippen molar-refractivity contribution < 1.29 is 28.4 Å². The van der Waals surface area contributed by atoms with E-state index in [1.807, 2.05) is 43.5 Å². The Hall–Kier alpha value is -2.36. The number of ether oxygens (including phenoxy) is 2. The number of carbonyl (C=O) groups excluding carboxylic acids is 2. The molecule has 4 aliphatic rings. The third kappa shape index (κ3) is 4.89. The van der Waals surface area contributed by atoms with Crippen LogP contribution in [-0.4, -0.2) is 49.9 Å². The van der Waals surface area contributed by atoms with Gasteiger partial charge in [0.25, 0.3) is 0 Å². The Labute approximate surface area is 229 Å². The van der Waals surface area contributed by atoms with Crippen LogP contribution in [0.25, 0.3) is 0 Å². The van der Waals surface area contributed by atoms with E-state index in [2.05, 4.69) is 26.1 Å². The molecule has 5 atom stereocenters. The second kappa shape index (κ2) is 10.3. The second-order valence-electron chi connectivity index (χ2n) is 11.9. The molecular weight excluding hydrogens is 501 g/mol. The number of hydrogen-bond acceptors (Lipinski definition) is 7. The molecule has 1 amide bonds. The van der Waals surface area contributed by atoms with E-state index in [1.54, 1.807) is 24.5 Å². The van der Waals surface area contributed by atoms with Gasteiger partial charge in [0.15, 0.2) is 0 Å². The smallest absolute Gasteiger partial charge is 0.482 e. The maximum absolute atomic E-state index is 13.2. The van der Waals surface area contributed by atoms with Crippen LogP contribution in [0.4, 0.5) is 0 Å². The van der Waals surface area contributed by atoms with Crippen molar-refractivity contribution in [2.24, 2.45) is 17.3 Å². The van der Waals surface area contributed by atoms with Gasteiger partial charge >= 0.3 is 13.1 Å². The molecule has 0 spiro atoms. The van der Waals surface area contributed by atoms with Crippen molar-refractivity contribution in [1.82, 2.24) is 5.32 Å². The summed E-state index contributed by atoms with van der Waals surface area (Å²) in [5.74, 6) is 0.490. The molecule has 1 saturated heterocycles. The van der Waals surface area contributed by atoms with Gasteiger partial charge in [0, 0.05) is 4.88 Å². The predicted molar refractivity (Wildman–Crippen MR) is 147 cm³/mol. The Bertz CT molecular complexity index is 1180. The van der Waals surface area contributed by atoms with Crippen molar-refractivity contribution in [2.75, 3.05) is 7.11 Å². The van der Waals surface area contributed by atoms with Gasteiger partial charge in [-0.25, -0.2) is 4.79 Å². The van der Waals surface area contributed by atoms with Crippen molar-refractivity contribution >= 4 is 30.3 Å². The van der Waals surface area contributed by atoms with Gasteiger partial charge in [-0.2, -0.15) is 0 Å². The highest BCUT2D eigenvalue weighted by molar-refractivity contribution is 7.10. The highest BCUT2D eigenvalue weighted by atomic mass is 32.1. The summed E-state index contributed by atoms with van der Waals surface area (Å²) in [5, 5.41) is 5.17. The fourth-order valence-corrected chi connectivity index (χ4v) is 7.48. The van der Waals surface area contributed by atoms with E-state index in [9.17, 15) is 9.59 Å². The molecule has 1 aromatic carbocycles. The molecule has 2 heterocycles. The number of hydrogen-bond donors (Lipinski definition) is 1. The summed E-state index contributed by atoms with van der Waals surface area (Å²) >= 11 is 1.56. The second-order valence-corrected chi connectivity index (χ2v) is 13.0. The van der Waals surface area contributed by atoms with Crippen LogP contribution in [0.1, 0.15) is 68.3 Å². The third-order valence-corrected chi connectivity index (χ3v) is 9.74. The highest BCUT2D eigenvalue weighted by Crippen LogP contribution is 2.65. The number of nitrogens with one attached hydrogen (secondary N) is 1. The van der Waals surface area contributed by atoms with Crippen molar-refractivity contribution in [3.8, 4) is 5.75 Å². The topological polar surface area (TPSA) is 83.1 Å². The van der Waals surface area contributed by atoms with Gasteiger partial charge in [0.05, 0.1) is 37.3 Å². The highest BCUT2D eigenvalue weighted by Gasteiger charge is 2.68. The number of methoxy groups -OCH3 is 1. The molecule has 4 unspecified atom stereocenters. The third-order valence-electron chi connectivity index (χ3n) is 8.86. The first-order valence-electron chi connectivity index (χ1n) is 13.5. The van der Waals surface area contributed by atoms with Crippen LogP contribution < -0.4 is 10.1 Å². The maximum Gasteiger partial charge on any atom is 0.482 e. The normalized spacial score (nSPS) is 27.9. The zero-order valence-corrected chi connectivity index (χ0v) is 23.9. The van der Waals surface area contributed by atoms with Gasteiger partial charge < -0.3 is 24.1 Å². The summed E-state index contributed by atoms with van der Waals surface area (Å²) in [4.78, 5) is 26.9. The van der Waals surface area contributed by atoms with Crippen LogP contribution in [0, 0.1) is 17.3 Å². The molecule has 1 N–H and O–H groups in total. The van der Waals surface area contributed by atoms with E-state index >= 15 is 0 Å². The molecular formula is C29H38BNO6S. The summed E-state index contributed by atoms with van der Waals surface area (Å²) in [6.07, 6.45) is 2.53. The quantitative estimate of drug-likeness (QED) is 0.362. The molecule has 3 aliphatic carbocycles. The first-order chi connectivity index (χ1) is 18.0. The Morgan fingerprint density at radius 2 is 1.97 bits per heavy atom. The SMILES string of the molecule is COc1c(CC(NC(=O)Cc2cccs2)B2OC3CC4C[C@H](C4(C)C)C3(C)O2)cccc1C(=O)OC(C)C. The molecule has 38 heavy (non-hydrogen) atoms. The monoisotopic (exact) mass is 539 g/mol. The zero-order valence-electron chi connectivity index (χ0n) is 23.1. The number of rotatable bonds is 9. The zero-order chi connectivity index (χ0) is 27.2. The van der Waals surface area contributed by atoms with Crippen LogP contribution in [-0.2, 0) is 31.7 Å². The molecule has 0 radical (unpaired) electrons. The first-order valence-corrected chi connectivity index (χ1v) is 14.4. The molecule has 6 rings (SSSR count). The van der Waals surface area contributed by atoms with E-state index in [4.69, 9.17) is 18.8 Å². The Kier molecular flexibility index (Phi) is 7.39. The lowest BCUT2D eigenvalue weighted by Gasteiger charge is -2.64. The van der Waals surface area contributed by atoms with E-state index in [1.165, 1.54) is 0 Å². The number of para-hydroxylation sites is 1. The van der Waals surface area contributed by atoms with Crippen LogP contribution in [0.2, 0.25) is 0 Å². The van der Waals surface area contributed by atoms with E-state index in [-0.39, 0.29) is 30.0 Å². The van der Waals surface area contributed by atoms with Crippen molar-refractivity contribution in [3.05, 3.63) is 51.7 Å². The fourth-order valence-electron chi connectivity index (χ4n) is 6.78. The number of esters is 1. The van der Waals surface area contributed by atoms with Gasteiger partial charge in [0.2, 0.25) is 5.91 Å². The van der Waals surface area contributed by atoms with E-state index in [0.29, 0.717) is 29.6 Å². The van der Waals surface area contributed by atoms with Gasteiger partial charge in [-0.05, 0) is 80.4 Å². The molecule has 1 aromatic heterocycles. The van der Waals surface area contributed by atoms with Crippen molar-refractivity contribution in [3.63, 3.8) is 0 Å². The van der Waals surface area contributed by atoms with E-state index < -0.39 is 24.6 Å². The van der Waals surface area contributed by atoms with Gasteiger partial charge in [0.1, 0.15) is 11.3 Å². The molecule has 3 saturated carbocycles. The van der Waals surface area contributed by atoms with Gasteiger partial charge in [-0.3, -0.25) is 4.79 Å². The van der Waals surface area contributed by atoms with Crippen LogP contribution in [0.15, 0.2) is 35.7 Å². The largest absolute Gasteiger partial charge is 0.496 e. The van der Waals surface area contributed by atoms with Gasteiger partial charge in [-0.15, -0.1) is 11.3 Å². The van der Waals surface area contributed by atoms with Crippen LogP contribution >= 0.6 is 11.3 Å². The lowest BCUT2D eigenvalue weighted by atomic mass is 9.43. The minimum Gasteiger partial charge on any atom is -0.496 e. The molecule has 9 heteroatoms. The Morgan fingerprint density at radius 3 is 2.63 bits per heavy atom. The van der Waals surface area contributed by atoms with E-state index in [0.717, 1.165) is 23.3 Å². The lowest BCUT2D eigenvalue weighted by Crippen LogP contribution is -2.65. The van der Waals surface area contributed by atoms with Gasteiger partial charge in [-0.1, -0.05) is 32.0 Å². The number of carbonyl (C=O) groups is 2. The molecule has 1 aliphatic heterocycles. The number of benzene rings is 1. The number of amides is 1. The molecule has 4 fully saturated rings. The van der Waals surface area contributed by atoms with Crippen LogP contribution in [0.3, 0.4) is 0 Å². The Morgan fingerprint density at radius 1 is 1.18 bits per heavy atom. The average molecular weight is 540 g/mol. The molecule has 2 aromatic rings. The summed E-state index contributed by atoms with van der Waals surface area (Å²) in [6, 6.07) is 9.33. The summed E-state index contributed by atoms with van der Waals surface area (Å²) < 4.78 is 24.5. The fraction of sp³-hybridized carbons (Fsp3) is 0.586. The molecule has 204 valence electrons. The minimum absolute atomic E-state index is 0.00442. The van der Waals surface area contributed by atoms with Crippen molar-refractivity contribution in [1.29, 1.82) is 0 Å². The minimum atomic E-state index is -0.608. The predicted octanol–water partition coefficient (Wildman–Crippen LogP) is 4.86. The van der Waals surface area contributed by atoms with Crippen LogP contribution in [0.5, 0.6) is 5.75 Å². The number of thiophene rings is 1. The average Bonchev–Trinajstić information content (AvgIpc) is 3.49. The lowest BCUT2D eigenvalue weighted by molar-refractivity contribution is -0.199. The molecule has 7 nitrogen and oxygen atoms in total. The summed E-state index contributed by atoms with van der Waals surface area (Å²) in [5.41, 5.74) is 0.963. The Balaban J connectivity index is 1.42.